The number of ether oxygens (including phenoxy) is 2. The van der Waals surface area contributed by atoms with E-state index in [9.17, 15) is 13.5 Å². The van der Waals surface area contributed by atoms with Gasteiger partial charge < -0.3 is 19.9 Å². The molecular formula is C16H24NO6S+. The van der Waals surface area contributed by atoms with Gasteiger partial charge in [0.2, 0.25) is 0 Å². The minimum atomic E-state index is -4.02. The van der Waals surface area contributed by atoms with E-state index in [2.05, 4.69) is 0 Å². The van der Waals surface area contributed by atoms with E-state index in [0.717, 1.165) is 5.56 Å². The summed E-state index contributed by atoms with van der Waals surface area (Å²) >= 11 is 0. The van der Waals surface area contributed by atoms with Crippen LogP contribution in [-0.2, 0) is 23.8 Å². The van der Waals surface area contributed by atoms with Crippen LogP contribution in [0, 0.1) is 6.92 Å². The third-order valence-electron chi connectivity index (χ3n) is 4.32. The van der Waals surface area contributed by atoms with Crippen molar-refractivity contribution < 1.29 is 32.5 Å². The third kappa shape index (κ3) is 3.49. The molecule has 134 valence electrons. The van der Waals surface area contributed by atoms with Crippen molar-refractivity contribution in [3.05, 3.63) is 29.8 Å². The molecule has 7 nitrogen and oxygen atoms in total. The van der Waals surface area contributed by atoms with E-state index in [-0.39, 0.29) is 23.1 Å². The Morgan fingerprint density at radius 3 is 2.58 bits per heavy atom. The van der Waals surface area contributed by atoms with E-state index < -0.39 is 28.6 Å². The van der Waals surface area contributed by atoms with E-state index in [1.807, 2.05) is 26.1 Å². The van der Waals surface area contributed by atoms with Gasteiger partial charge in [0.25, 0.3) is 10.1 Å². The maximum absolute atomic E-state index is 12.5. The van der Waals surface area contributed by atoms with Gasteiger partial charge in [0, 0.05) is 0 Å². The zero-order chi connectivity index (χ0) is 17.5. The fourth-order valence-corrected chi connectivity index (χ4v) is 4.18. The van der Waals surface area contributed by atoms with Crippen molar-refractivity contribution in [3.8, 4) is 0 Å². The van der Waals surface area contributed by atoms with E-state index in [4.69, 9.17) is 13.7 Å². The smallest absolute Gasteiger partial charge is 0.297 e. The molecule has 3 N–H and O–H groups in total. The summed E-state index contributed by atoms with van der Waals surface area (Å²) in [4.78, 5) is 0.0461. The Hall–Kier alpha value is -1.03. The van der Waals surface area contributed by atoms with E-state index in [1.54, 1.807) is 12.1 Å². The molecule has 24 heavy (non-hydrogen) atoms. The highest BCUT2D eigenvalue weighted by molar-refractivity contribution is 7.86. The number of aliphatic hydroxyl groups excluding tert-OH is 1. The van der Waals surface area contributed by atoms with Gasteiger partial charge in [-0.1, -0.05) is 17.7 Å². The van der Waals surface area contributed by atoms with E-state index in [0.29, 0.717) is 6.61 Å². The normalized spacial score (nSPS) is 33.1. The molecule has 2 saturated heterocycles. The molecule has 0 radical (unpaired) electrons. The molecule has 0 amide bonds. The zero-order valence-corrected chi connectivity index (χ0v) is 14.8. The van der Waals surface area contributed by atoms with Crippen LogP contribution in [0.2, 0.25) is 0 Å². The number of fused-ring (bicyclic) bond motifs is 2. The first-order chi connectivity index (χ1) is 11.3. The molecule has 3 rings (SSSR count). The Labute approximate surface area is 142 Å². The molecule has 2 aliphatic rings. The van der Waals surface area contributed by atoms with Crippen LogP contribution in [0.4, 0.5) is 0 Å². The van der Waals surface area contributed by atoms with Crippen molar-refractivity contribution in [2.45, 2.75) is 62.4 Å². The molecule has 2 fully saturated rings. The van der Waals surface area contributed by atoms with Crippen LogP contribution in [0.5, 0.6) is 0 Å². The number of hydrogen-bond acceptors (Lipinski definition) is 6. The van der Waals surface area contributed by atoms with Crippen LogP contribution in [0.1, 0.15) is 19.4 Å². The summed E-state index contributed by atoms with van der Waals surface area (Å²) in [6.07, 6.45) is -3.23. The van der Waals surface area contributed by atoms with Crippen LogP contribution in [0.25, 0.3) is 0 Å². The predicted molar refractivity (Wildman–Crippen MR) is 84.7 cm³/mol. The number of hydrogen-bond donors (Lipinski definition) is 2. The fourth-order valence-electron chi connectivity index (χ4n) is 3.11. The molecule has 2 aliphatic heterocycles. The summed E-state index contributed by atoms with van der Waals surface area (Å²) in [7, 11) is -4.02. The average Bonchev–Trinajstić information content (AvgIpc) is 2.95. The highest BCUT2D eigenvalue weighted by Crippen LogP contribution is 2.31. The quantitative estimate of drug-likeness (QED) is 0.690. The summed E-state index contributed by atoms with van der Waals surface area (Å²) in [5.74, 6) is 0. The van der Waals surface area contributed by atoms with Crippen molar-refractivity contribution in [2.24, 2.45) is 0 Å². The van der Waals surface area contributed by atoms with Crippen LogP contribution in [-0.4, -0.2) is 56.8 Å². The molecule has 8 heteroatoms. The molecule has 0 aliphatic carbocycles. The zero-order valence-electron chi connectivity index (χ0n) is 14.0. The van der Waals surface area contributed by atoms with Gasteiger partial charge in [-0.05, 0) is 32.9 Å². The monoisotopic (exact) mass is 358 g/mol. The van der Waals surface area contributed by atoms with Gasteiger partial charge >= 0.3 is 0 Å². The number of aliphatic hydroxyl groups is 1. The maximum atomic E-state index is 12.5. The van der Waals surface area contributed by atoms with Gasteiger partial charge in [-0.25, -0.2) is 0 Å². The third-order valence-corrected chi connectivity index (χ3v) is 5.64. The Balaban J connectivity index is 1.81. The second kappa shape index (κ2) is 6.70. The molecule has 2 heterocycles. The number of nitrogens with two attached hydrogens (primary N) is 1. The van der Waals surface area contributed by atoms with Gasteiger partial charge in [0.15, 0.2) is 12.4 Å². The van der Waals surface area contributed by atoms with Gasteiger partial charge in [-0.3, -0.25) is 4.18 Å². The lowest BCUT2D eigenvalue weighted by atomic mass is 9.97. The van der Waals surface area contributed by atoms with Crippen molar-refractivity contribution in [2.75, 3.05) is 6.61 Å². The first-order valence-corrected chi connectivity index (χ1v) is 9.49. The average molecular weight is 358 g/mol. The molecule has 0 saturated carbocycles. The van der Waals surface area contributed by atoms with E-state index >= 15 is 0 Å². The Kier molecular flexibility index (Phi) is 4.96. The number of quaternary nitrogens is 1. The second-order valence-electron chi connectivity index (χ2n) is 6.71. The molecule has 1 aromatic carbocycles. The standard InChI is InChI=1S/C16H23NO6S/c1-9(2)17-13-12-8-21-16(22-12)15(14(13)18)23-24(19,20)11-6-4-10(3)5-7-11/h4-7,9,12-18H,8H2,1-3H3/p+1/t12-,13-,14+,15-,16-/m0/s1. The molecular weight excluding hydrogens is 334 g/mol. The molecule has 5 atom stereocenters. The Bertz CT molecular complexity index is 674. The lowest BCUT2D eigenvalue weighted by molar-refractivity contribution is -0.732. The van der Waals surface area contributed by atoms with E-state index in [1.165, 1.54) is 12.1 Å². The van der Waals surface area contributed by atoms with Crippen LogP contribution in [0.15, 0.2) is 29.2 Å². The summed E-state index contributed by atoms with van der Waals surface area (Å²) in [6.45, 7) is 6.18. The highest BCUT2D eigenvalue weighted by Gasteiger charge is 2.54. The van der Waals surface area contributed by atoms with Crippen molar-refractivity contribution in [1.82, 2.24) is 0 Å². The lowest BCUT2D eigenvalue weighted by Gasteiger charge is -2.36. The Morgan fingerprint density at radius 1 is 1.29 bits per heavy atom. The van der Waals surface area contributed by atoms with Gasteiger partial charge in [0.05, 0.1) is 17.5 Å². The van der Waals surface area contributed by atoms with Crippen LogP contribution >= 0.6 is 0 Å². The largest absolute Gasteiger partial charge is 0.384 e. The van der Waals surface area contributed by atoms with Crippen molar-refractivity contribution in [1.29, 1.82) is 0 Å². The highest BCUT2D eigenvalue weighted by atomic mass is 32.2. The van der Waals surface area contributed by atoms with Gasteiger partial charge in [-0.15, -0.1) is 0 Å². The number of aryl methyl sites for hydroxylation is 1. The lowest BCUT2D eigenvalue weighted by Crippen LogP contribution is -2.99. The summed E-state index contributed by atoms with van der Waals surface area (Å²) in [6, 6.07) is 6.25. The number of benzene rings is 1. The molecule has 0 aromatic heterocycles. The SMILES string of the molecule is Cc1ccc(S(=O)(=O)O[C@@H]2[C@H]3OC[C@H](O3)[C@H]([NH2+]C(C)C)[C@H]2O)cc1. The second-order valence-corrected chi connectivity index (χ2v) is 8.28. The fraction of sp³-hybridized carbons (Fsp3) is 0.625. The summed E-state index contributed by atoms with van der Waals surface area (Å²) in [5.41, 5.74) is 0.948. The van der Waals surface area contributed by atoms with Crippen LogP contribution < -0.4 is 5.32 Å². The van der Waals surface area contributed by atoms with Crippen molar-refractivity contribution in [3.63, 3.8) is 0 Å². The molecule has 1 aromatic rings. The topological polar surface area (TPSA) is 98.7 Å². The predicted octanol–water partition coefficient (Wildman–Crippen LogP) is -0.475. The summed E-state index contributed by atoms with van der Waals surface area (Å²) < 4.78 is 41.5. The van der Waals surface area contributed by atoms with Gasteiger partial charge in [-0.2, -0.15) is 8.42 Å². The minimum Gasteiger partial charge on any atom is -0.384 e. The number of rotatable bonds is 5. The van der Waals surface area contributed by atoms with Crippen molar-refractivity contribution >= 4 is 10.1 Å². The maximum Gasteiger partial charge on any atom is 0.297 e. The molecule has 0 spiro atoms. The molecule has 2 bridgehead atoms. The first-order valence-electron chi connectivity index (χ1n) is 8.08. The first kappa shape index (κ1) is 17.8. The minimum absolute atomic E-state index is 0.0461. The Morgan fingerprint density at radius 2 is 1.96 bits per heavy atom. The van der Waals surface area contributed by atoms with Crippen LogP contribution in [0.3, 0.4) is 0 Å². The van der Waals surface area contributed by atoms with Gasteiger partial charge in [0.1, 0.15) is 18.2 Å². The summed E-state index contributed by atoms with van der Waals surface area (Å²) in [5, 5.41) is 12.6. The molecule has 0 unspecified atom stereocenters.